The Morgan fingerprint density at radius 2 is 2.17 bits per heavy atom. The first-order valence-corrected chi connectivity index (χ1v) is 3.84. The number of hydrogen-bond acceptors (Lipinski definition) is 5. The van der Waals surface area contributed by atoms with Gasteiger partial charge >= 0.3 is 0 Å². The van der Waals surface area contributed by atoms with Crippen LogP contribution in [0.4, 0.5) is 0 Å². The van der Waals surface area contributed by atoms with Crippen molar-refractivity contribution in [2.24, 2.45) is 0 Å². The third-order valence-electron chi connectivity index (χ3n) is 1.98. The Labute approximate surface area is 70.5 Å². The maximum Gasteiger partial charge on any atom is 0.160 e. The monoisotopic (exact) mass is 178 g/mol. The number of aliphatic hydroxyl groups excluding tert-OH is 3. The summed E-state index contributed by atoms with van der Waals surface area (Å²) in [6.07, 6.45) is -2.98. The SMILES string of the molecule is CO[C@H]1CC(O)[C@H](O)C(CO)O1. The summed E-state index contributed by atoms with van der Waals surface area (Å²) in [7, 11) is 1.45. The molecule has 72 valence electrons. The topological polar surface area (TPSA) is 79.2 Å². The van der Waals surface area contributed by atoms with Crippen molar-refractivity contribution in [1.29, 1.82) is 0 Å². The first kappa shape index (κ1) is 9.88. The zero-order valence-electron chi connectivity index (χ0n) is 6.88. The minimum atomic E-state index is -1.03. The van der Waals surface area contributed by atoms with Crippen LogP contribution in [-0.2, 0) is 9.47 Å². The molecule has 0 aromatic heterocycles. The van der Waals surface area contributed by atoms with Gasteiger partial charge in [0.2, 0.25) is 0 Å². The van der Waals surface area contributed by atoms with Gasteiger partial charge in [-0.2, -0.15) is 0 Å². The molecule has 3 N–H and O–H groups in total. The van der Waals surface area contributed by atoms with E-state index in [-0.39, 0.29) is 13.0 Å². The fourth-order valence-corrected chi connectivity index (χ4v) is 1.22. The molecule has 1 fully saturated rings. The molecule has 0 spiro atoms. The maximum absolute atomic E-state index is 9.26. The van der Waals surface area contributed by atoms with Crippen LogP contribution in [-0.4, -0.2) is 53.6 Å². The van der Waals surface area contributed by atoms with E-state index in [4.69, 9.17) is 14.6 Å². The van der Waals surface area contributed by atoms with Crippen LogP contribution in [0.25, 0.3) is 0 Å². The molecule has 4 atom stereocenters. The van der Waals surface area contributed by atoms with Crippen LogP contribution < -0.4 is 0 Å². The Kier molecular flexibility index (Phi) is 3.42. The number of rotatable bonds is 2. The van der Waals surface area contributed by atoms with E-state index in [0.717, 1.165) is 0 Å². The highest BCUT2D eigenvalue weighted by molar-refractivity contribution is 4.81. The molecule has 5 nitrogen and oxygen atoms in total. The Morgan fingerprint density at radius 1 is 1.50 bits per heavy atom. The summed E-state index contributed by atoms with van der Waals surface area (Å²) in [6.45, 7) is -0.321. The highest BCUT2D eigenvalue weighted by Gasteiger charge is 2.36. The number of methoxy groups -OCH3 is 1. The molecule has 0 radical (unpaired) electrons. The van der Waals surface area contributed by atoms with Gasteiger partial charge in [0.05, 0.1) is 12.7 Å². The highest BCUT2D eigenvalue weighted by atomic mass is 16.7. The van der Waals surface area contributed by atoms with Crippen molar-refractivity contribution in [2.45, 2.75) is 31.0 Å². The second-order valence-corrected chi connectivity index (χ2v) is 2.82. The standard InChI is InChI=1S/C7H14O5/c1-11-6-2-4(9)7(10)5(3-8)12-6/h4-10H,2-3H2,1H3/t4?,5?,6-,7+/m1/s1. The molecule has 1 heterocycles. The molecule has 2 unspecified atom stereocenters. The van der Waals surface area contributed by atoms with Gasteiger partial charge in [-0.15, -0.1) is 0 Å². The summed E-state index contributed by atoms with van der Waals surface area (Å²) in [5, 5.41) is 27.3. The lowest BCUT2D eigenvalue weighted by Gasteiger charge is -2.35. The number of ether oxygens (including phenoxy) is 2. The molecule has 0 saturated carbocycles. The van der Waals surface area contributed by atoms with E-state index in [1.165, 1.54) is 7.11 Å². The van der Waals surface area contributed by atoms with Crippen molar-refractivity contribution in [3.63, 3.8) is 0 Å². The van der Waals surface area contributed by atoms with Gasteiger partial charge < -0.3 is 24.8 Å². The van der Waals surface area contributed by atoms with E-state index in [2.05, 4.69) is 0 Å². The molecule has 1 aliphatic heterocycles. The molecule has 0 aliphatic carbocycles. The van der Waals surface area contributed by atoms with Crippen LogP contribution in [0.5, 0.6) is 0 Å². The second-order valence-electron chi connectivity index (χ2n) is 2.82. The maximum atomic E-state index is 9.26. The lowest BCUT2D eigenvalue weighted by atomic mass is 10.0. The normalized spacial score (nSPS) is 43.0. The molecular formula is C7H14O5. The Balaban J connectivity index is 2.52. The lowest BCUT2D eigenvalue weighted by Crippen LogP contribution is -2.50. The summed E-state index contributed by atoms with van der Waals surface area (Å²) < 4.78 is 9.92. The summed E-state index contributed by atoms with van der Waals surface area (Å²) in [5.41, 5.74) is 0. The van der Waals surface area contributed by atoms with E-state index in [1.807, 2.05) is 0 Å². The van der Waals surface area contributed by atoms with E-state index in [1.54, 1.807) is 0 Å². The van der Waals surface area contributed by atoms with Crippen LogP contribution in [0.1, 0.15) is 6.42 Å². The minimum absolute atomic E-state index is 0.230. The Hall–Kier alpha value is -0.200. The molecule has 0 aromatic rings. The van der Waals surface area contributed by atoms with Gasteiger partial charge in [-0.05, 0) is 0 Å². The summed E-state index contributed by atoms with van der Waals surface area (Å²) in [6, 6.07) is 0. The van der Waals surface area contributed by atoms with Gasteiger partial charge in [-0.25, -0.2) is 0 Å². The van der Waals surface area contributed by atoms with Gasteiger partial charge in [-0.3, -0.25) is 0 Å². The van der Waals surface area contributed by atoms with Gasteiger partial charge in [0.25, 0.3) is 0 Å². The molecule has 1 rings (SSSR count). The Morgan fingerprint density at radius 3 is 2.67 bits per heavy atom. The zero-order chi connectivity index (χ0) is 9.14. The second kappa shape index (κ2) is 4.15. The van der Waals surface area contributed by atoms with Gasteiger partial charge in [0.1, 0.15) is 12.2 Å². The summed E-state index contributed by atoms with van der Waals surface area (Å²) in [5.74, 6) is 0. The first-order valence-electron chi connectivity index (χ1n) is 3.84. The third kappa shape index (κ3) is 1.94. The Bertz CT molecular complexity index is 140. The average molecular weight is 178 g/mol. The summed E-state index contributed by atoms with van der Waals surface area (Å²) >= 11 is 0. The number of aliphatic hydroxyl groups is 3. The van der Waals surface area contributed by atoms with Gasteiger partial charge in [-0.1, -0.05) is 0 Å². The smallest absolute Gasteiger partial charge is 0.160 e. The lowest BCUT2D eigenvalue weighted by molar-refractivity contribution is -0.248. The molecule has 1 saturated heterocycles. The van der Waals surface area contributed by atoms with E-state index in [0.29, 0.717) is 0 Å². The molecule has 12 heavy (non-hydrogen) atoms. The predicted molar refractivity (Wildman–Crippen MR) is 39.4 cm³/mol. The molecule has 0 bridgehead atoms. The highest BCUT2D eigenvalue weighted by Crippen LogP contribution is 2.20. The first-order chi connectivity index (χ1) is 5.69. The molecule has 1 aliphatic rings. The quantitative estimate of drug-likeness (QED) is 0.477. The van der Waals surface area contributed by atoms with Crippen molar-refractivity contribution in [2.75, 3.05) is 13.7 Å². The largest absolute Gasteiger partial charge is 0.394 e. The minimum Gasteiger partial charge on any atom is -0.394 e. The van der Waals surface area contributed by atoms with Crippen molar-refractivity contribution in [3.8, 4) is 0 Å². The van der Waals surface area contributed by atoms with Crippen molar-refractivity contribution >= 4 is 0 Å². The van der Waals surface area contributed by atoms with Crippen molar-refractivity contribution < 1.29 is 24.8 Å². The van der Waals surface area contributed by atoms with Crippen molar-refractivity contribution in [3.05, 3.63) is 0 Å². The van der Waals surface area contributed by atoms with Gasteiger partial charge in [0.15, 0.2) is 6.29 Å². The van der Waals surface area contributed by atoms with E-state index >= 15 is 0 Å². The van der Waals surface area contributed by atoms with E-state index in [9.17, 15) is 10.2 Å². The van der Waals surface area contributed by atoms with Crippen LogP contribution in [0.3, 0.4) is 0 Å². The summed E-state index contributed by atoms with van der Waals surface area (Å²) in [4.78, 5) is 0. The van der Waals surface area contributed by atoms with Crippen LogP contribution in [0, 0.1) is 0 Å². The zero-order valence-corrected chi connectivity index (χ0v) is 6.88. The van der Waals surface area contributed by atoms with Crippen molar-refractivity contribution in [1.82, 2.24) is 0 Å². The molecule has 0 amide bonds. The fraction of sp³-hybridized carbons (Fsp3) is 1.00. The third-order valence-corrected chi connectivity index (χ3v) is 1.98. The fourth-order valence-electron chi connectivity index (χ4n) is 1.22. The van der Waals surface area contributed by atoms with E-state index < -0.39 is 24.6 Å². The average Bonchev–Trinajstić information content (AvgIpc) is 2.09. The molecular weight excluding hydrogens is 164 g/mol. The number of hydrogen-bond donors (Lipinski definition) is 3. The molecule has 0 aromatic carbocycles. The van der Waals surface area contributed by atoms with Crippen LogP contribution >= 0.6 is 0 Å². The molecule has 5 heteroatoms. The van der Waals surface area contributed by atoms with Crippen LogP contribution in [0.15, 0.2) is 0 Å². The van der Waals surface area contributed by atoms with Gasteiger partial charge in [0, 0.05) is 13.5 Å². The van der Waals surface area contributed by atoms with Crippen LogP contribution in [0.2, 0.25) is 0 Å². The predicted octanol–water partition coefficient (Wildman–Crippen LogP) is -1.54.